The van der Waals surface area contributed by atoms with E-state index in [1.807, 2.05) is 12.1 Å². The van der Waals surface area contributed by atoms with Crippen molar-refractivity contribution in [2.24, 2.45) is 0 Å². The minimum atomic E-state index is -0.594. The van der Waals surface area contributed by atoms with Gasteiger partial charge in [-0.3, -0.25) is 0 Å². The zero-order chi connectivity index (χ0) is 15.2. The van der Waals surface area contributed by atoms with Gasteiger partial charge in [0.2, 0.25) is 0 Å². The largest absolute Gasteiger partial charge is 0.453 e. The van der Waals surface area contributed by atoms with E-state index in [-0.39, 0.29) is 10.8 Å². The highest BCUT2D eigenvalue weighted by atomic mass is 35.5. The molecular formula is C16H16Cl2FNO. The summed E-state index contributed by atoms with van der Waals surface area (Å²) < 4.78 is 19.3. The lowest BCUT2D eigenvalue weighted by Gasteiger charge is -2.11. The van der Waals surface area contributed by atoms with E-state index in [9.17, 15) is 4.39 Å². The summed E-state index contributed by atoms with van der Waals surface area (Å²) in [6.07, 6.45) is 1.07. The highest BCUT2D eigenvalue weighted by Gasteiger charge is 2.10. The summed E-state index contributed by atoms with van der Waals surface area (Å²) in [4.78, 5) is 0. The van der Waals surface area contributed by atoms with Crippen LogP contribution in [0.15, 0.2) is 36.4 Å². The first-order valence-corrected chi connectivity index (χ1v) is 7.48. The molecule has 0 radical (unpaired) electrons. The maximum atomic E-state index is 13.8. The fourth-order valence-electron chi connectivity index (χ4n) is 1.83. The van der Waals surface area contributed by atoms with Gasteiger partial charge in [0, 0.05) is 6.54 Å². The minimum Gasteiger partial charge on any atom is -0.453 e. The lowest BCUT2D eigenvalue weighted by atomic mass is 10.2. The first-order valence-electron chi connectivity index (χ1n) is 6.73. The van der Waals surface area contributed by atoms with Crippen molar-refractivity contribution < 1.29 is 9.13 Å². The molecule has 2 aromatic carbocycles. The quantitative estimate of drug-likeness (QED) is 0.715. The summed E-state index contributed by atoms with van der Waals surface area (Å²) in [6, 6.07) is 10.0. The van der Waals surface area contributed by atoms with E-state index in [0.29, 0.717) is 10.8 Å². The van der Waals surface area contributed by atoms with Gasteiger partial charge in [0.05, 0.1) is 10.0 Å². The average Bonchev–Trinajstić information content (AvgIpc) is 2.47. The highest BCUT2D eigenvalue weighted by Crippen LogP contribution is 2.33. The standard InChI is InChI=1S/C16H16Cl2FNO/c1-2-8-20-10-11-6-7-14(13(18)9-11)21-15-5-3-4-12(17)16(15)19/h3-7,9,20H,2,8,10H2,1H3. The van der Waals surface area contributed by atoms with Gasteiger partial charge in [0.1, 0.15) is 5.75 Å². The molecule has 0 heterocycles. The Kier molecular flexibility index (Phi) is 5.85. The second kappa shape index (κ2) is 7.64. The third-order valence-electron chi connectivity index (χ3n) is 2.89. The monoisotopic (exact) mass is 327 g/mol. The van der Waals surface area contributed by atoms with Gasteiger partial charge in [-0.25, -0.2) is 4.39 Å². The van der Waals surface area contributed by atoms with Crippen LogP contribution in [0.5, 0.6) is 11.5 Å². The van der Waals surface area contributed by atoms with Crippen LogP contribution in [0.1, 0.15) is 18.9 Å². The molecule has 0 bridgehead atoms. The first-order chi connectivity index (χ1) is 10.1. The smallest absolute Gasteiger partial charge is 0.184 e. The van der Waals surface area contributed by atoms with Crippen LogP contribution < -0.4 is 10.1 Å². The topological polar surface area (TPSA) is 21.3 Å². The zero-order valence-electron chi connectivity index (χ0n) is 11.6. The SMILES string of the molecule is CCCNCc1ccc(Oc2cccc(Cl)c2F)c(Cl)c1. The van der Waals surface area contributed by atoms with Gasteiger partial charge < -0.3 is 10.1 Å². The van der Waals surface area contributed by atoms with Gasteiger partial charge in [-0.1, -0.05) is 42.3 Å². The minimum absolute atomic E-state index is 0.0176. The summed E-state index contributed by atoms with van der Waals surface area (Å²) in [5, 5.41) is 3.74. The van der Waals surface area contributed by atoms with Crippen LogP contribution in [0, 0.1) is 5.82 Å². The Balaban J connectivity index is 2.12. The average molecular weight is 328 g/mol. The molecule has 0 amide bonds. The molecule has 0 saturated carbocycles. The third kappa shape index (κ3) is 4.34. The molecule has 0 aromatic heterocycles. The fraction of sp³-hybridized carbons (Fsp3) is 0.250. The molecule has 0 spiro atoms. The van der Waals surface area contributed by atoms with Gasteiger partial charge in [0.15, 0.2) is 11.6 Å². The van der Waals surface area contributed by atoms with Crippen molar-refractivity contribution in [3.8, 4) is 11.5 Å². The molecule has 112 valence electrons. The van der Waals surface area contributed by atoms with Crippen LogP contribution in [-0.2, 0) is 6.54 Å². The Morgan fingerprint density at radius 3 is 2.62 bits per heavy atom. The molecule has 5 heteroatoms. The number of benzene rings is 2. The molecule has 1 N–H and O–H groups in total. The molecule has 0 fully saturated rings. The third-order valence-corrected chi connectivity index (χ3v) is 3.48. The summed E-state index contributed by atoms with van der Waals surface area (Å²) in [5.74, 6) is -0.137. The lowest BCUT2D eigenvalue weighted by Crippen LogP contribution is -2.13. The van der Waals surface area contributed by atoms with E-state index in [0.717, 1.165) is 25.1 Å². The number of ether oxygens (including phenoxy) is 1. The molecule has 21 heavy (non-hydrogen) atoms. The van der Waals surface area contributed by atoms with Gasteiger partial charge in [-0.2, -0.15) is 0 Å². The molecule has 0 unspecified atom stereocenters. The first kappa shape index (κ1) is 16.1. The van der Waals surface area contributed by atoms with Crippen molar-refractivity contribution in [1.29, 1.82) is 0 Å². The Labute approximate surface area is 133 Å². The van der Waals surface area contributed by atoms with Crippen LogP contribution in [-0.4, -0.2) is 6.54 Å². The maximum Gasteiger partial charge on any atom is 0.184 e. The van der Waals surface area contributed by atoms with Crippen molar-refractivity contribution in [2.45, 2.75) is 19.9 Å². The van der Waals surface area contributed by atoms with Crippen molar-refractivity contribution in [3.05, 3.63) is 57.8 Å². The number of hydrogen-bond donors (Lipinski definition) is 1. The number of hydrogen-bond acceptors (Lipinski definition) is 2. The van der Waals surface area contributed by atoms with Crippen LogP contribution in [0.25, 0.3) is 0 Å². The van der Waals surface area contributed by atoms with E-state index in [1.165, 1.54) is 12.1 Å². The van der Waals surface area contributed by atoms with E-state index in [1.54, 1.807) is 12.1 Å². The Morgan fingerprint density at radius 2 is 1.90 bits per heavy atom. The molecule has 0 aliphatic heterocycles. The predicted molar refractivity (Wildman–Crippen MR) is 84.9 cm³/mol. The van der Waals surface area contributed by atoms with Crippen molar-refractivity contribution in [2.75, 3.05) is 6.54 Å². The van der Waals surface area contributed by atoms with E-state index < -0.39 is 5.82 Å². The summed E-state index contributed by atoms with van der Waals surface area (Å²) in [7, 11) is 0. The molecule has 0 aliphatic carbocycles. The summed E-state index contributed by atoms with van der Waals surface area (Å²) >= 11 is 11.9. The van der Waals surface area contributed by atoms with Crippen LogP contribution in [0.4, 0.5) is 4.39 Å². The fourth-order valence-corrected chi connectivity index (χ4v) is 2.24. The lowest BCUT2D eigenvalue weighted by molar-refractivity contribution is 0.442. The van der Waals surface area contributed by atoms with Gasteiger partial charge in [0.25, 0.3) is 0 Å². The van der Waals surface area contributed by atoms with Crippen molar-refractivity contribution in [3.63, 3.8) is 0 Å². The van der Waals surface area contributed by atoms with Crippen molar-refractivity contribution in [1.82, 2.24) is 5.32 Å². The second-order valence-corrected chi connectivity index (χ2v) is 5.41. The molecular weight excluding hydrogens is 312 g/mol. The van der Waals surface area contributed by atoms with Crippen molar-refractivity contribution >= 4 is 23.2 Å². The summed E-state index contributed by atoms with van der Waals surface area (Å²) in [6.45, 7) is 3.79. The predicted octanol–water partition coefficient (Wildman–Crippen LogP) is 5.42. The molecule has 0 aliphatic rings. The number of rotatable bonds is 6. The molecule has 2 rings (SSSR count). The molecule has 2 nitrogen and oxygen atoms in total. The number of nitrogens with one attached hydrogen (secondary N) is 1. The Hall–Kier alpha value is -1.29. The van der Waals surface area contributed by atoms with Gasteiger partial charge >= 0.3 is 0 Å². The van der Waals surface area contributed by atoms with Crippen LogP contribution >= 0.6 is 23.2 Å². The van der Waals surface area contributed by atoms with Gasteiger partial charge in [-0.05, 0) is 42.8 Å². The zero-order valence-corrected chi connectivity index (χ0v) is 13.1. The molecule has 2 aromatic rings. The van der Waals surface area contributed by atoms with Crippen LogP contribution in [0.3, 0.4) is 0 Å². The Bertz CT molecular complexity index is 619. The van der Waals surface area contributed by atoms with Gasteiger partial charge in [-0.15, -0.1) is 0 Å². The molecule has 0 atom stereocenters. The molecule has 0 saturated heterocycles. The maximum absolute atomic E-state index is 13.8. The van der Waals surface area contributed by atoms with E-state index in [4.69, 9.17) is 27.9 Å². The second-order valence-electron chi connectivity index (χ2n) is 4.60. The normalized spacial score (nSPS) is 10.7. The highest BCUT2D eigenvalue weighted by molar-refractivity contribution is 6.32. The van der Waals surface area contributed by atoms with E-state index in [2.05, 4.69) is 12.2 Å². The van der Waals surface area contributed by atoms with E-state index >= 15 is 0 Å². The number of halogens is 3. The summed E-state index contributed by atoms with van der Waals surface area (Å²) in [5.41, 5.74) is 1.05. The Morgan fingerprint density at radius 1 is 1.10 bits per heavy atom. The van der Waals surface area contributed by atoms with Crippen LogP contribution in [0.2, 0.25) is 10.0 Å².